The zero-order valence-electron chi connectivity index (χ0n) is 8.60. The van der Waals surface area contributed by atoms with Crippen LogP contribution in [0.5, 0.6) is 5.88 Å². The van der Waals surface area contributed by atoms with Gasteiger partial charge in [-0.05, 0) is 18.5 Å². The Bertz CT molecular complexity index is 443. The predicted molar refractivity (Wildman–Crippen MR) is 59.1 cm³/mol. The van der Waals surface area contributed by atoms with Gasteiger partial charge in [0.15, 0.2) is 0 Å². The largest absolute Gasteiger partial charge is 0.480 e. The van der Waals surface area contributed by atoms with Crippen LogP contribution in [0, 0.1) is 6.92 Å². The Morgan fingerprint density at radius 1 is 1.60 bits per heavy atom. The molecular weight excluding hydrogens is 212 g/mol. The normalized spacial score (nSPS) is 10.5. The zero-order chi connectivity index (χ0) is 10.8. The summed E-state index contributed by atoms with van der Waals surface area (Å²) in [6, 6.07) is 1.90. The third-order valence-electron chi connectivity index (χ3n) is 2.05. The highest BCUT2D eigenvalue weighted by Gasteiger charge is 2.05. The van der Waals surface area contributed by atoms with Crippen LogP contribution in [-0.4, -0.2) is 21.3 Å². The van der Waals surface area contributed by atoms with Crippen LogP contribution in [0.3, 0.4) is 0 Å². The van der Waals surface area contributed by atoms with E-state index in [1.165, 1.54) is 11.5 Å². The van der Waals surface area contributed by atoms with Crippen LogP contribution < -0.4 is 10.5 Å². The fourth-order valence-electron chi connectivity index (χ4n) is 1.24. The number of anilines is 1. The van der Waals surface area contributed by atoms with Crippen molar-refractivity contribution < 1.29 is 4.74 Å². The number of ether oxygens (including phenoxy) is 1. The predicted octanol–water partition coefficient (Wildman–Crippen LogP) is 1.29. The van der Waals surface area contributed by atoms with Crippen LogP contribution in [0.25, 0.3) is 0 Å². The first-order valence-corrected chi connectivity index (χ1v) is 5.25. The van der Waals surface area contributed by atoms with Gasteiger partial charge in [0, 0.05) is 17.8 Å². The maximum absolute atomic E-state index is 5.66. The van der Waals surface area contributed by atoms with E-state index in [2.05, 4.69) is 9.47 Å². The topological polar surface area (TPSA) is 66.0 Å². The second-order valence-electron chi connectivity index (χ2n) is 3.23. The number of hydrogen-bond acceptors (Lipinski definition) is 5. The average molecular weight is 224 g/mol. The molecule has 0 fully saturated rings. The highest BCUT2D eigenvalue weighted by Crippen LogP contribution is 2.17. The number of aryl methyl sites for hydroxylation is 1. The van der Waals surface area contributed by atoms with Gasteiger partial charge in [0.1, 0.15) is 5.82 Å². The summed E-state index contributed by atoms with van der Waals surface area (Å²) in [5.41, 5.74) is 6.65. The molecule has 0 spiro atoms. The second kappa shape index (κ2) is 3.90. The van der Waals surface area contributed by atoms with Crippen LogP contribution in [0.4, 0.5) is 5.82 Å². The van der Waals surface area contributed by atoms with Crippen molar-refractivity contribution >= 4 is 17.4 Å². The Hall–Kier alpha value is -1.56. The molecule has 0 saturated carbocycles. The highest BCUT2D eigenvalue weighted by atomic mass is 32.1. The quantitative estimate of drug-likeness (QED) is 0.853. The first-order valence-electron chi connectivity index (χ1n) is 4.48. The van der Waals surface area contributed by atoms with Crippen molar-refractivity contribution in [1.82, 2.24) is 14.2 Å². The molecule has 0 radical (unpaired) electrons. The van der Waals surface area contributed by atoms with E-state index in [-0.39, 0.29) is 0 Å². The number of aromatic nitrogens is 3. The Morgan fingerprint density at radius 2 is 2.40 bits per heavy atom. The standard InChI is InChI=1S/C9H12N4OS/c1-6-4-13(11-9(6)10)5-7-3-8(14-2)12-15-7/h3-4H,5H2,1-2H3,(H2,10,11). The molecule has 2 heterocycles. The molecule has 6 heteroatoms. The Balaban J connectivity index is 2.14. The first kappa shape index (κ1) is 9.97. The van der Waals surface area contributed by atoms with Gasteiger partial charge in [-0.2, -0.15) is 9.47 Å². The van der Waals surface area contributed by atoms with E-state index in [0.717, 1.165) is 10.4 Å². The van der Waals surface area contributed by atoms with E-state index in [0.29, 0.717) is 18.2 Å². The summed E-state index contributed by atoms with van der Waals surface area (Å²) in [5.74, 6) is 1.22. The summed E-state index contributed by atoms with van der Waals surface area (Å²) in [6.45, 7) is 2.62. The highest BCUT2D eigenvalue weighted by molar-refractivity contribution is 7.05. The van der Waals surface area contributed by atoms with Gasteiger partial charge in [0.2, 0.25) is 5.88 Å². The number of methoxy groups -OCH3 is 1. The van der Waals surface area contributed by atoms with Crippen molar-refractivity contribution in [2.24, 2.45) is 0 Å². The SMILES string of the molecule is COc1cc(Cn2cc(C)c(N)n2)sn1. The van der Waals surface area contributed by atoms with Crippen molar-refractivity contribution in [2.45, 2.75) is 13.5 Å². The molecule has 0 aromatic carbocycles. The Labute approximate surface area is 91.6 Å². The van der Waals surface area contributed by atoms with Crippen molar-refractivity contribution in [3.8, 4) is 5.88 Å². The fourth-order valence-corrected chi connectivity index (χ4v) is 1.92. The lowest BCUT2D eigenvalue weighted by Gasteiger charge is -1.95. The zero-order valence-corrected chi connectivity index (χ0v) is 9.41. The van der Waals surface area contributed by atoms with Gasteiger partial charge in [0.05, 0.1) is 18.5 Å². The number of rotatable bonds is 3. The summed E-state index contributed by atoms with van der Waals surface area (Å²) >= 11 is 1.41. The van der Waals surface area contributed by atoms with E-state index in [9.17, 15) is 0 Å². The van der Waals surface area contributed by atoms with Gasteiger partial charge in [-0.25, -0.2) is 0 Å². The van der Waals surface area contributed by atoms with Crippen molar-refractivity contribution in [3.05, 3.63) is 22.7 Å². The molecule has 0 aliphatic carbocycles. The summed E-state index contributed by atoms with van der Waals surface area (Å²) < 4.78 is 10.9. The van der Waals surface area contributed by atoms with Crippen LogP contribution in [0.2, 0.25) is 0 Å². The molecule has 0 aliphatic heterocycles. The molecule has 0 aliphatic rings. The molecule has 0 atom stereocenters. The van der Waals surface area contributed by atoms with Crippen LogP contribution in [0.15, 0.2) is 12.3 Å². The average Bonchev–Trinajstić information content (AvgIpc) is 2.76. The first-order chi connectivity index (χ1) is 7.19. The number of nitrogens with zero attached hydrogens (tertiary/aromatic N) is 3. The van der Waals surface area contributed by atoms with Gasteiger partial charge < -0.3 is 10.5 Å². The lowest BCUT2D eigenvalue weighted by Crippen LogP contribution is -1.99. The third-order valence-corrected chi connectivity index (χ3v) is 2.80. The molecule has 2 rings (SSSR count). The minimum atomic E-state index is 0.575. The molecule has 0 saturated heterocycles. The molecule has 15 heavy (non-hydrogen) atoms. The molecule has 5 nitrogen and oxygen atoms in total. The molecule has 2 N–H and O–H groups in total. The number of hydrogen-bond donors (Lipinski definition) is 1. The van der Waals surface area contributed by atoms with Crippen LogP contribution >= 0.6 is 11.5 Å². The van der Waals surface area contributed by atoms with Gasteiger partial charge in [0.25, 0.3) is 0 Å². The minimum Gasteiger partial charge on any atom is -0.480 e. The lowest BCUT2D eigenvalue weighted by molar-refractivity contribution is 0.402. The maximum Gasteiger partial charge on any atom is 0.225 e. The number of nitrogens with two attached hydrogens (primary N) is 1. The van der Waals surface area contributed by atoms with Crippen LogP contribution in [0.1, 0.15) is 10.4 Å². The molecule has 80 valence electrons. The fraction of sp³-hybridized carbons (Fsp3) is 0.333. The van der Waals surface area contributed by atoms with E-state index < -0.39 is 0 Å². The summed E-state index contributed by atoms with van der Waals surface area (Å²) in [5, 5.41) is 4.17. The Morgan fingerprint density at radius 3 is 2.93 bits per heavy atom. The summed E-state index contributed by atoms with van der Waals surface area (Å²) in [7, 11) is 1.61. The summed E-state index contributed by atoms with van der Waals surface area (Å²) in [4.78, 5) is 1.09. The maximum atomic E-state index is 5.66. The molecule has 2 aromatic heterocycles. The molecule has 2 aromatic rings. The van der Waals surface area contributed by atoms with Gasteiger partial charge in [-0.3, -0.25) is 4.68 Å². The van der Waals surface area contributed by atoms with E-state index >= 15 is 0 Å². The van der Waals surface area contributed by atoms with Gasteiger partial charge in [-0.15, -0.1) is 0 Å². The lowest BCUT2D eigenvalue weighted by atomic mass is 10.4. The Kier molecular flexibility index (Phi) is 2.59. The monoisotopic (exact) mass is 224 g/mol. The van der Waals surface area contributed by atoms with Crippen molar-refractivity contribution in [1.29, 1.82) is 0 Å². The van der Waals surface area contributed by atoms with Crippen molar-refractivity contribution in [3.63, 3.8) is 0 Å². The summed E-state index contributed by atoms with van der Waals surface area (Å²) in [6.07, 6.45) is 1.92. The molecule has 0 bridgehead atoms. The van der Waals surface area contributed by atoms with E-state index in [4.69, 9.17) is 10.5 Å². The van der Waals surface area contributed by atoms with Crippen molar-refractivity contribution in [2.75, 3.05) is 12.8 Å². The van der Waals surface area contributed by atoms with Gasteiger partial charge >= 0.3 is 0 Å². The number of nitrogen functional groups attached to an aromatic ring is 1. The van der Waals surface area contributed by atoms with E-state index in [1.807, 2.05) is 19.2 Å². The van der Waals surface area contributed by atoms with E-state index in [1.54, 1.807) is 11.8 Å². The van der Waals surface area contributed by atoms with Gasteiger partial charge in [-0.1, -0.05) is 0 Å². The second-order valence-corrected chi connectivity index (χ2v) is 4.12. The molecule has 0 amide bonds. The third kappa shape index (κ3) is 2.10. The smallest absolute Gasteiger partial charge is 0.225 e. The minimum absolute atomic E-state index is 0.575. The molecule has 0 unspecified atom stereocenters. The van der Waals surface area contributed by atoms with Crippen LogP contribution in [-0.2, 0) is 6.54 Å². The molecular formula is C9H12N4OS.